The van der Waals surface area contributed by atoms with Crippen LogP contribution in [-0.4, -0.2) is 36.4 Å². The molecule has 0 saturated heterocycles. The largest absolute Gasteiger partial charge is 0.461 e. The van der Waals surface area contributed by atoms with Crippen LogP contribution in [0.2, 0.25) is 0 Å². The maximum Gasteiger partial charge on any atom is 0.302 e. The second-order valence-electron chi connectivity index (χ2n) is 6.70. The Labute approximate surface area is 162 Å². The van der Waals surface area contributed by atoms with Crippen molar-refractivity contribution in [3.63, 3.8) is 0 Å². The highest BCUT2D eigenvalue weighted by molar-refractivity contribution is 5.81. The van der Waals surface area contributed by atoms with Gasteiger partial charge < -0.3 is 9.84 Å². The highest BCUT2D eigenvalue weighted by Gasteiger charge is 2.05. The molecular formula is C22H32O5. The zero-order chi connectivity index (χ0) is 20.7. The van der Waals surface area contributed by atoms with Gasteiger partial charge in [0.1, 0.15) is 19.2 Å². The van der Waals surface area contributed by atoms with Crippen molar-refractivity contribution in [1.29, 1.82) is 0 Å². The van der Waals surface area contributed by atoms with Crippen molar-refractivity contribution in [3.05, 3.63) is 46.6 Å². The number of aliphatic hydroxyl groups is 1. The second kappa shape index (κ2) is 14.9. The zero-order valence-electron chi connectivity index (χ0n) is 16.9. The molecule has 0 aliphatic heterocycles. The molecule has 1 unspecified atom stereocenters. The first-order valence-electron chi connectivity index (χ1n) is 9.19. The Morgan fingerprint density at radius 1 is 1.00 bits per heavy atom. The summed E-state index contributed by atoms with van der Waals surface area (Å²) in [6.45, 7) is 7.46. The van der Waals surface area contributed by atoms with Crippen LogP contribution in [0.5, 0.6) is 0 Å². The first kappa shape index (κ1) is 24.7. The molecule has 0 radical (unpaired) electrons. The predicted molar refractivity (Wildman–Crippen MR) is 107 cm³/mol. The Morgan fingerprint density at radius 3 is 2.22 bits per heavy atom. The number of aliphatic hydroxyl groups excluding tert-OH is 1. The maximum atomic E-state index is 11.1. The molecule has 0 aliphatic rings. The lowest BCUT2D eigenvalue weighted by Crippen LogP contribution is -2.07. The molecule has 5 nitrogen and oxygen atoms in total. The van der Waals surface area contributed by atoms with Crippen LogP contribution in [0.25, 0.3) is 0 Å². The fourth-order valence-corrected chi connectivity index (χ4v) is 2.29. The van der Waals surface area contributed by atoms with Gasteiger partial charge in [0.05, 0.1) is 6.10 Å². The lowest BCUT2D eigenvalue weighted by atomic mass is 10.0. The molecular weight excluding hydrogens is 344 g/mol. The number of ether oxygens (including phenoxy) is 1. The number of hydrogen-bond donors (Lipinski definition) is 1. The highest BCUT2D eigenvalue weighted by atomic mass is 16.5. The first-order chi connectivity index (χ1) is 12.8. The summed E-state index contributed by atoms with van der Waals surface area (Å²) in [4.78, 5) is 32.4. The van der Waals surface area contributed by atoms with Crippen LogP contribution < -0.4 is 0 Å². The molecule has 0 aromatic rings. The summed E-state index contributed by atoms with van der Waals surface area (Å²) in [6, 6.07) is 0. The van der Waals surface area contributed by atoms with E-state index in [-0.39, 0.29) is 12.6 Å². The van der Waals surface area contributed by atoms with Crippen molar-refractivity contribution in [2.45, 2.75) is 65.9 Å². The van der Waals surface area contributed by atoms with E-state index in [9.17, 15) is 19.5 Å². The van der Waals surface area contributed by atoms with Crippen LogP contribution in [0.1, 0.15) is 59.8 Å². The van der Waals surface area contributed by atoms with Gasteiger partial charge in [0.25, 0.3) is 0 Å². The number of allylic oxidation sites excluding steroid dienone is 5. The molecule has 0 heterocycles. The van der Waals surface area contributed by atoms with E-state index in [1.807, 2.05) is 39.0 Å². The summed E-state index contributed by atoms with van der Waals surface area (Å²) < 4.78 is 5.08. The number of carbonyl (C=O) groups is 3. The monoisotopic (exact) mass is 376 g/mol. The summed E-state index contributed by atoms with van der Waals surface area (Å²) >= 11 is 0. The number of rotatable bonds is 13. The lowest BCUT2D eigenvalue weighted by molar-refractivity contribution is -0.140. The van der Waals surface area contributed by atoms with Crippen molar-refractivity contribution in [3.8, 4) is 0 Å². The van der Waals surface area contributed by atoms with Gasteiger partial charge in [0.15, 0.2) is 0 Å². The molecule has 27 heavy (non-hydrogen) atoms. The normalized spacial score (nSPS) is 13.7. The summed E-state index contributed by atoms with van der Waals surface area (Å²) in [5, 5.41) is 10.1. The van der Waals surface area contributed by atoms with E-state index >= 15 is 0 Å². The van der Waals surface area contributed by atoms with Crippen molar-refractivity contribution >= 4 is 18.5 Å². The second-order valence-corrected chi connectivity index (χ2v) is 6.70. The topological polar surface area (TPSA) is 80.7 Å². The van der Waals surface area contributed by atoms with Crippen LogP contribution in [0, 0.1) is 0 Å². The standard InChI is InChI=1S/C22H32O5/c1-17(2)11-12-22(26)18(3)7-5-9-21(16-27-19(4)25)10-6-8-20(15-24)13-14-23/h7,10-11,13-15,22,26H,5-6,8-9,12,16H2,1-4H3. The molecule has 5 heteroatoms. The summed E-state index contributed by atoms with van der Waals surface area (Å²) in [7, 11) is 0. The Bertz CT molecular complexity index is 604. The predicted octanol–water partition coefficient (Wildman–Crippen LogP) is 4.02. The third-order valence-electron chi connectivity index (χ3n) is 3.97. The minimum Gasteiger partial charge on any atom is -0.461 e. The summed E-state index contributed by atoms with van der Waals surface area (Å²) in [5.74, 6) is -0.348. The molecule has 0 rings (SSSR count). The van der Waals surface area contributed by atoms with Gasteiger partial charge in [0, 0.05) is 6.92 Å². The van der Waals surface area contributed by atoms with E-state index in [2.05, 4.69) is 0 Å². The van der Waals surface area contributed by atoms with Crippen LogP contribution >= 0.6 is 0 Å². The molecule has 0 spiro atoms. The van der Waals surface area contributed by atoms with E-state index in [0.29, 0.717) is 43.8 Å². The van der Waals surface area contributed by atoms with Gasteiger partial charge in [-0.3, -0.25) is 14.4 Å². The van der Waals surface area contributed by atoms with E-state index in [1.165, 1.54) is 18.6 Å². The SMILES string of the molecule is CC(=O)OCC(=CCCC(C=O)=CC=O)CCC=C(C)C(O)CC=C(C)C. The highest BCUT2D eigenvalue weighted by Crippen LogP contribution is 2.14. The van der Waals surface area contributed by atoms with Gasteiger partial charge in [-0.15, -0.1) is 0 Å². The third kappa shape index (κ3) is 13.6. The quantitative estimate of drug-likeness (QED) is 0.227. The Hall–Kier alpha value is -2.27. The minimum atomic E-state index is -0.496. The number of esters is 1. The molecule has 0 aromatic heterocycles. The van der Waals surface area contributed by atoms with Gasteiger partial charge >= 0.3 is 5.97 Å². The molecule has 0 saturated carbocycles. The molecule has 1 atom stereocenters. The number of carbonyl (C=O) groups excluding carboxylic acids is 3. The fourth-order valence-electron chi connectivity index (χ4n) is 2.29. The average molecular weight is 376 g/mol. The van der Waals surface area contributed by atoms with Crippen molar-refractivity contribution in [1.82, 2.24) is 0 Å². The van der Waals surface area contributed by atoms with E-state index in [1.54, 1.807) is 0 Å². The van der Waals surface area contributed by atoms with Crippen molar-refractivity contribution in [2.24, 2.45) is 0 Å². The van der Waals surface area contributed by atoms with Crippen molar-refractivity contribution < 1.29 is 24.2 Å². The summed E-state index contributed by atoms with van der Waals surface area (Å²) in [5.41, 5.74) is 3.47. The average Bonchev–Trinajstić information content (AvgIpc) is 2.62. The van der Waals surface area contributed by atoms with E-state index in [4.69, 9.17) is 4.74 Å². The number of aldehydes is 2. The van der Waals surface area contributed by atoms with Gasteiger partial charge in [-0.05, 0) is 75.7 Å². The molecule has 1 N–H and O–H groups in total. The van der Waals surface area contributed by atoms with E-state index in [0.717, 1.165) is 17.6 Å². The third-order valence-corrected chi connectivity index (χ3v) is 3.97. The van der Waals surface area contributed by atoms with Crippen molar-refractivity contribution in [2.75, 3.05) is 6.61 Å². The molecule has 0 fully saturated rings. The first-order valence-corrected chi connectivity index (χ1v) is 9.19. The number of hydrogen-bond acceptors (Lipinski definition) is 5. The molecule has 0 aliphatic carbocycles. The smallest absolute Gasteiger partial charge is 0.302 e. The minimum absolute atomic E-state index is 0.205. The van der Waals surface area contributed by atoms with E-state index < -0.39 is 6.10 Å². The fraction of sp³-hybridized carbons (Fsp3) is 0.500. The molecule has 0 aromatic carbocycles. The molecule has 0 amide bonds. The van der Waals surface area contributed by atoms with Crippen LogP contribution in [0.15, 0.2) is 46.6 Å². The van der Waals surface area contributed by atoms with Crippen LogP contribution in [0.3, 0.4) is 0 Å². The van der Waals surface area contributed by atoms with Gasteiger partial charge in [-0.1, -0.05) is 23.8 Å². The van der Waals surface area contributed by atoms with Crippen LogP contribution in [0.4, 0.5) is 0 Å². The maximum absolute atomic E-state index is 11.1. The Balaban J connectivity index is 4.78. The van der Waals surface area contributed by atoms with Crippen LogP contribution in [-0.2, 0) is 19.1 Å². The Kier molecular flexibility index (Phi) is 13.6. The summed E-state index contributed by atoms with van der Waals surface area (Å²) in [6.07, 6.45) is 11.0. The van der Waals surface area contributed by atoms with Gasteiger partial charge in [-0.25, -0.2) is 0 Å². The lowest BCUT2D eigenvalue weighted by Gasteiger charge is -2.10. The molecule has 150 valence electrons. The van der Waals surface area contributed by atoms with Gasteiger partial charge in [0.2, 0.25) is 0 Å². The van der Waals surface area contributed by atoms with Gasteiger partial charge in [-0.2, -0.15) is 0 Å². The molecule has 0 bridgehead atoms. The Morgan fingerprint density at radius 2 is 1.67 bits per heavy atom. The zero-order valence-corrected chi connectivity index (χ0v) is 16.9.